The van der Waals surface area contributed by atoms with E-state index in [0.29, 0.717) is 24.8 Å². The molecule has 110 valence electrons. The Labute approximate surface area is 111 Å². The maximum absolute atomic E-state index is 11.9. The molecule has 1 unspecified atom stereocenters. The monoisotopic (exact) mass is 301 g/mol. The fraction of sp³-hybridized carbons (Fsp3) is 0.800. The van der Waals surface area contributed by atoms with E-state index in [0.717, 1.165) is 0 Å². The van der Waals surface area contributed by atoms with Gasteiger partial charge in [0.2, 0.25) is 5.91 Å². The lowest BCUT2D eigenvalue weighted by atomic mass is 9.94. The predicted octanol–water partition coefficient (Wildman–Crippen LogP) is 1.03. The molecule has 1 aliphatic heterocycles. The fourth-order valence-electron chi connectivity index (χ4n) is 1.77. The molecule has 0 radical (unpaired) electrons. The van der Waals surface area contributed by atoms with Crippen LogP contribution in [0.25, 0.3) is 0 Å². The minimum Gasteiger partial charge on any atom is -0.481 e. The van der Waals surface area contributed by atoms with Crippen molar-refractivity contribution in [2.75, 3.05) is 24.7 Å². The highest BCUT2D eigenvalue weighted by atomic mass is 32.2. The topological polar surface area (TPSA) is 75.6 Å². The molecule has 1 heterocycles. The summed E-state index contributed by atoms with van der Waals surface area (Å²) in [7, 11) is 0. The molecule has 0 aromatic carbocycles. The van der Waals surface area contributed by atoms with E-state index >= 15 is 0 Å². The zero-order valence-electron chi connectivity index (χ0n) is 9.96. The van der Waals surface area contributed by atoms with Crippen LogP contribution in [0, 0.1) is 0 Å². The van der Waals surface area contributed by atoms with Gasteiger partial charge < -0.3 is 15.2 Å². The first kappa shape index (κ1) is 16.1. The molecular formula is C10H14F3NO4S. The van der Waals surface area contributed by atoms with Gasteiger partial charge in [0.15, 0.2) is 0 Å². The van der Waals surface area contributed by atoms with Gasteiger partial charge in [-0.05, 0) is 6.42 Å². The Balaban J connectivity index is 2.42. The quantitative estimate of drug-likeness (QED) is 0.766. The molecule has 0 aliphatic carbocycles. The molecule has 1 aliphatic rings. The molecule has 1 atom stereocenters. The number of carboxylic acids is 1. The van der Waals surface area contributed by atoms with E-state index in [4.69, 9.17) is 9.84 Å². The molecule has 5 nitrogen and oxygen atoms in total. The number of hydrogen-bond donors (Lipinski definition) is 2. The van der Waals surface area contributed by atoms with Crippen molar-refractivity contribution in [2.24, 2.45) is 0 Å². The zero-order valence-corrected chi connectivity index (χ0v) is 10.8. The Bertz CT molecular complexity index is 342. The van der Waals surface area contributed by atoms with E-state index in [9.17, 15) is 22.8 Å². The van der Waals surface area contributed by atoms with Crippen molar-refractivity contribution in [1.29, 1.82) is 0 Å². The highest BCUT2D eigenvalue weighted by molar-refractivity contribution is 8.00. The van der Waals surface area contributed by atoms with Crippen LogP contribution in [0.15, 0.2) is 0 Å². The third kappa shape index (κ3) is 6.15. The van der Waals surface area contributed by atoms with Crippen molar-refractivity contribution < 1.29 is 32.6 Å². The molecule has 1 rings (SSSR count). The Kier molecular flexibility index (Phi) is 5.48. The molecular weight excluding hydrogens is 287 g/mol. The normalized spacial score (nSPS) is 23.3. The number of thioether (sulfide) groups is 1. The third-order valence-corrected chi connectivity index (χ3v) is 3.49. The number of nitrogens with one attached hydrogen (secondary N) is 1. The summed E-state index contributed by atoms with van der Waals surface area (Å²) in [6, 6.07) is 0. The standard InChI is InChI=1S/C10H14F3NO4S/c11-10(12,13)6-19-4-7(15)14-9(3-8(16)17)1-2-18-5-9/h1-6H2,(H,14,15)(H,16,17). The van der Waals surface area contributed by atoms with E-state index < -0.39 is 29.3 Å². The van der Waals surface area contributed by atoms with Gasteiger partial charge in [0.25, 0.3) is 0 Å². The van der Waals surface area contributed by atoms with Crippen LogP contribution in [0.4, 0.5) is 13.2 Å². The van der Waals surface area contributed by atoms with Crippen LogP contribution < -0.4 is 5.32 Å². The molecule has 1 fully saturated rings. The maximum atomic E-state index is 11.9. The predicted molar refractivity (Wildman–Crippen MR) is 61.9 cm³/mol. The maximum Gasteiger partial charge on any atom is 0.397 e. The number of carboxylic acid groups (broad SMARTS) is 1. The largest absolute Gasteiger partial charge is 0.481 e. The number of aliphatic carboxylic acids is 1. The summed E-state index contributed by atoms with van der Waals surface area (Å²) in [5.41, 5.74) is -0.998. The van der Waals surface area contributed by atoms with E-state index in [1.165, 1.54) is 0 Å². The van der Waals surface area contributed by atoms with E-state index in [2.05, 4.69) is 5.32 Å². The highest BCUT2D eigenvalue weighted by Gasteiger charge is 2.38. The van der Waals surface area contributed by atoms with Gasteiger partial charge >= 0.3 is 12.1 Å². The van der Waals surface area contributed by atoms with Crippen molar-refractivity contribution >= 4 is 23.6 Å². The van der Waals surface area contributed by atoms with E-state index in [1.807, 2.05) is 0 Å². The Morgan fingerprint density at radius 3 is 2.58 bits per heavy atom. The molecule has 1 amide bonds. The molecule has 1 saturated heterocycles. The van der Waals surface area contributed by atoms with Crippen molar-refractivity contribution in [3.8, 4) is 0 Å². The number of amides is 1. The van der Waals surface area contributed by atoms with Gasteiger partial charge in [-0.15, -0.1) is 11.8 Å². The summed E-state index contributed by atoms with van der Waals surface area (Å²) in [6.45, 7) is 0.387. The van der Waals surface area contributed by atoms with Crippen molar-refractivity contribution in [2.45, 2.75) is 24.6 Å². The van der Waals surface area contributed by atoms with E-state index in [1.54, 1.807) is 0 Å². The van der Waals surface area contributed by atoms with Gasteiger partial charge in [0.1, 0.15) is 0 Å². The van der Waals surface area contributed by atoms with Crippen LogP contribution in [-0.2, 0) is 14.3 Å². The average molecular weight is 301 g/mol. The molecule has 9 heteroatoms. The second-order valence-electron chi connectivity index (χ2n) is 4.31. The van der Waals surface area contributed by atoms with Crippen LogP contribution >= 0.6 is 11.8 Å². The Morgan fingerprint density at radius 1 is 1.42 bits per heavy atom. The summed E-state index contributed by atoms with van der Waals surface area (Å²) < 4.78 is 40.8. The number of halogens is 3. The van der Waals surface area contributed by atoms with Gasteiger partial charge in [0.05, 0.1) is 30.1 Å². The van der Waals surface area contributed by atoms with Crippen LogP contribution in [0.1, 0.15) is 12.8 Å². The van der Waals surface area contributed by atoms with E-state index in [-0.39, 0.29) is 18.8 Å². The van der Waals surface area contributed by atoms with Crippen LogP contribution in [0.5, 0.6) is 0 Å². The first-order valence-corrected chi connectivity index (χ1v) is 6.63. The first-order valence-electron chi connectivity index (χ1n) is 5.47. The van der Waals surface area contributed by atoms with Crippen molar-refractivity contribution in [3.63, 3.8) is 0 Å². The fourth-order valence-corrected chi connectivity index (χ4v) is 2.36. The minimum absolute atomic E-state index is 0.0645. The van der Waals surface area contributed by atoms with Gasteiger partial charge in [-0.25, -0.2) is 0 Å². The molecule has 0 aromatic rings. The number of rotatable bonds is 6. The second-order valence-corrected chi connectivity index (χ2v) is 5.30. The number of ether oxygens (including phenoxy) is 1. The van der Waals surface area contributed by atoms with Gasteiger partial charge in [0, 0.05) is 6.61 Å². The first-order chi connectivity index (χ1) is 8.72. The molecule has 0 bridgehead atoms. The lowest BCUT2D eigenvalue weighted by Crippen LogP contribution is -2.51. The minimum atomic E-state index is -4.32. The van der Waals surface area contributed by atoms with Crippen LogP contribution in [0.2, 0.25) is 0 Å². The Morgan fingerprint density at radius 2 is 2.11 bits per heavy atom. The van der Waals surface area contributed by atoms with Crippen LogP contribution in [0.3, 0.4) is 0 Å². The Hall–Kier alpha value is -0.960. The van der Waals surface area contributed by atoms with Crippen molar-refractivity contribution in [3.05, 3.63) is 0 Å². The number of hydrogen-bond acceptors (Lipinski definition) is 4. The summed E-state index contributed by atoms with van der Waals surface area (Å²) in [5, 5.41) is 11.3. The van der Waals surface area contributed by atoms with Crippen molar-refractivity contribution in [1.82, 2.24) is 5.32 Å². The smallest absolute Gasteiger partial charge is 0.397 e. The zero-order chi connectivity index (χ0) is 14.5. The summed E-state index contributed by atoms with van der Waals surface area (Å²) in [4.78, 5) is 22.3. The molecule has 2 N–H and O–H groups in total. The second kappa shape index (κ2) is 6.47. The van der Waals surface area contributed by atoms with Crippen LogP contribution in [-0.4, -0.2) is 53.4 Å². The molecule has 0 saturated carbocycles. The van der Waals surface area contributed by atoms with Gasteiger partial charge in [-0.3, -0.25) is 9.59 Å². The average Bonchev–Trinajstić information content (AvgIpc) is 2.62. The van der Waals surface area contributed by atoms with Gasteiger partial charge in [-0.2, -0.15) is 13.2 Å². The number of carbonyl (C=O) groups excluding carboxylic acids is 1. The SMILES string of the molecule is O=C(O)CC1(NC(=O)CSCC(F)(F)F)CCOC1. The number of carbonyl (C=O) groups is 2. The molecule has 19 heavy (non-hydrogen) atoms. The van der Waals surface area contributed by atoms with Gasteiger partial charge in [-0.1, -0.05) is 0 Å². The third-order valence-electron chi connectivity index (χ3n) is 2.50. The summed E-state index contributed by atoms with van der Waals surface area (Å²) in [5.74, 6) is -3.17. The highest BCUT2D eigenvalue weighted by Crippen LogP contribution is 2.24. The molecule has 0 spiro atoms. The molecule has 0 aromatic heterocycles. The lowest BCUT2D eigenvalue weighted by Gasteiger charge is -2.26. The number of alkyl halides is 3. The summed E-state index contributed by atoms with van der Waals surface area (Å²) in [6.07, 6.45) is -4.28. The lowest BCUT2D eigenvalue weighted by molar-refractivity contribution is -0.139. The summed E-state index contributed by atoms with van der Waals surface area (Å²) >= 11 is 0.444.